The van der Waals surface area contributed by atoms with E-state index in [1.165, 1.54) is 12.8 Å². The largest absolute Gasteiger partial charge is 0.354 e. The summed E-state index contributed by atoms with van der Waals surface area (Å²) in [5.74, 6) is 1.60. The Kier molecular flexibility index (Phi) is 5.85. The molecule has 2 aliphatic heterocycles. The van der Waals surface area contributed by atoms with Crippen molar-refractivity contribution in [3.8, 4) is 0 Å². The van der Waals surface area contributed by atoms with Crippen LogP contribution < -0.4 is 16.0 Å². The molecule has 4 heterocycles. The first-order valence-electron chi connectivity index (χ1n) is 12.4. The van der Waals surface area contributed by atoms with E-state index >= 15 is 0 Å². The van der Waals surface area contributed by atoms with Crippen molar-refractivity contribution in [3.05, 3.63) is 23.3 Å². The van der Waals surface area contributed by atoms with Gasteiger partial charge in [-0.2, -0.15) is 10.1 Å². The number of aromatic amines is 1. The molecule has 10 nitrogen and oxygen atoms in total. The smallest absolute Gasteiger partial charge is 0.318 e. The predicted molar refractivity (Wildman–Crippen MR) is 132 cm³/mol. The lowest BCUT2D eigenvalue weighted by molar-refractivity contribution is 0.132. The van der Waals surface area contributed by atoms with Crippen molar-refractivity contribution in [2.45, 2.75) is 64.6 Å². The van der Waals surface area contributed by atoms with Gasteiger partial charge in [-0.15, -0.1) is 0 Å². The van der Waals surface area contributed by atoms with Crippen LogP contribution in [-0.4, -0.2) is 68.2 Å². The number of hydrogen-bond donors (Lipinski definition) is 4. The predicted octanol–water partition coefficient (Wildman–Crippen LogP) is 3.39. The topological polar surface area (TPSA) is 114 Å². The summed E-state index contributed by atoms with van der Waals surface area (Å²) in [5.41, 5.74) is 1.00. The summed E-state index contributed by atoms with van der Waals surface area (Å²) in [4.78, 5) is 25.7. The second-order valence-corrected chi connectivity index (χ2v) is 11.3. The molecule has 0 aromatic carbocycles. The van der Waals surface area contributed by atoms with Crippen LogP contribution in [0.15, 0.2) is 6.20 Å². The van der Waals surface area contributed by atoms with Crippen LogP contribution in [-0.2, 0) is 12.1 Å². The van der Waals surface area contributed by atoms with Crippen molar-refractivity contribution in [2.24, 2.45) is 11.8 Å². The molecule has 2 amide bonds. The van der Waals surface area contributed by atoms with Crippen molar-refractivity contribution >= 4 is 23.6 Å². The highest BCUT2D eigenvalue weighted by molar-refractivity contribution is 5.77. The Labute approximate surface area is 205 Å². The summed E-state index contributed by atoms with van der Waals surface area (Å²) in [7, 11) is 2.11. The van der Waals surface area contributed by atoms with Gasteiger partial charge in [-0.3, -0.25) is 10.00 Å². The van der Waals surface area contributed by atoms with Gasteiger partial charge in [0.2, 0.25) is 5.95 Å². The molecule has 3 aliphatic rings. The molecule has 2 fully saturated rings. The minimum Gasteiger partial charge on any atom is -0.354 e. The summed E-state index contributed by atoms with van der Waals surface area (Å²) in [6, 6.07) is -0.125. The number of carbonyl (C=O) groups excluding carboxylic acids is 1. The Morgan fingerprint density at radius 2 is 2.06 bits per heavy atom. The van der Waals surface area contributed by atoms with E-state index in [1.807, 2.05) is 13.8 Å². The number of urea groups is 1. The van der Waals surface area contributed by atoms with E-state index in [9.17, 15) is 9.18 Å². The molecule has 0 bridgehead atoms. The molecule has 190 valence electrons. The molecule has 2 aromatic rings. The second-order valence-electron chi connectivity index (χ2n) is 11.3. The minimum atomic E-state index is -0.594. The summed E-state index contributed by atoms with van der Waals surface area (Å²) >= 11 is 0. The quantitative estimate of drug-likeness (QED) is 0.475. The zero-order chi connectivity index (χ0) is 25.0. The number of nitrogens with one attached hydrogen (secondary N) is 4. The first-order valence-corrected chi connectivity index (χ1v) is 12.4. The molecular weight excluding hydrogens is 449 g/mol. The van der Waals surface area contributed by atoms with Crippen molar-refractivity contribution in [3.63, 3.8) is 0 Å². The highest BCUT2D eigenvalue weighted by atomic mass is 19.1. The maximum absolute atomic E-state index is 14.5. The fourth-order valence-corrected chi connectivity index (χ4v) is 5.38. The molecule has 35 heavy (non-hydrogen) atoms. The van der Waals surface area contributed by atoms with Crippen LogP contribution in [0.4, 0.5) is 26.8 Å². The van der Waals surface area contributed by atoms with E-state index in [1.54, 1.807) is 4.90 Å². The van der Waals surface area contributed by atoms with E-state index in [0.717, 1.165) is 37.0 Å². The summed E-state index contributed by atoms with van der Waals surface area (Å²) in [6.07, 6.45) is 4.61. The maximum Gasteiger partial charge on any atom is 0.318 e. The number of carbonyl (C=O) groups is 1. The molecule has 1 saturated carbocycles. The molecule has 1 unspecified atom stereocenters. The van der Waals surface area contributed by atoms with Crippen LogP contribution in [0.3, 0.4) is 0 Å². The standard InChI is InChI=1S/C24H36FN9O/c1-14-8-24(4,33(5)11-14)13-28-22(35)34-12-16-18(23(34,2)3)31-32-19(16)29-20-17(25)10-27-21(30-20)26-9-15-6-7-15/h10,14-15H,6-9,11-13H2,1-5H3,(H,28,35)(H3,26,27,29,30,31,32)/t14-,24?/m1/s1. The van der Waals surface area contributed by atoms with Crippen molar-refractivity contribution < 1.29 is 9.18 Å². The monoisotopic (exact) mass is 485 g/mol. The zero-order valence-corrected chi connectivity index (χ0v) is 21.2. The number of H-pyrrole nitrogens is 1. The first-order chi connectivity index (χ1) is 16.6. The SMILES string of the molecule is C[C@H]1CN(C)C(C)(CNC(=O)N2Cc3c(Nc4nc(NCC5CC5)ncc4F)n[nH]c3C2(C)C)C1. The van der Waals surface area contributed by atoms with E-state index in [4.69, 9.17) is 0 Å². The first kappa shape index (κ1) is 23.8. The fourth-order valence-electron chi connectivity index (χ4n) is 5.38. The molecule has 11 heteroatoms. The Hall–Kier alpha value is -2.95. The van der Waals surface area contributed by atoms with Crippen molar-refractivity contribution in [1.82, 2.24) is 35.3 Å². The van der Waals surface area contributed by atoms with Gasteiger partial charge in [-0.1, -0.05) is 6.92 Å². The number of likely N-dealkylation sites (tertiary alicyclic amines) is 1. The van der Waals surface area contributed by atoms with Gasteiger partial charge >= 0.3 is 6.03 Å². The van der Waals surface area contributed by atoms with Crippen LogP contribution in [0.1, 0.15) is 58.2 Å². The normalized spacial score (nSPS) is 25.5. The number of aromatic nitrogens is 4. The molecule has 2 atom stereocenters. The van der Waals surface area contributed by atoms with Gasteiger partial charge < -0.3 is 20.9 Å². The average Bonchev–Trinajstić information content (AvgIpc) is 3.40. The number of nitrogens with zero attached hydrogens (tertiary/aromatic N) is 5. The molecule has 0 spiro atoms. The number of halogens is 1. The van der Waals surface area contributed by atoms with Crippen LogP contribution in [0.2, 0.25) is 0 Å². The second kappa shape index (κ2) is 8.61. The Bertz CT molecular complexity index is 1110. The van der Waals surface area contributed by atoms with Crippen molar-refractivity contribution in [1.29, 1.82) is 0 Å². The van der Waals surface area contributed by atoms with Gasteiger partial charge in [-0.05, 0) is 58.9 Å². The summed E-state index contributed by atoms with van der Waals surface area (Å²) in [5, 5.41) is 16.8. The van der Waals surface area contributed by atoms with Crippen LogP contribution in [0.25, 0.3) is 0 Å². The molecule has 1 aliphatic carbocycles. The number of likely N-dealkylation sites (N-methyl/N-ethyl adjacent to an activating group) is 1. The van der Waals surface area contributed by atoms with Crippen LogP contribution >= 0.6 is 0 Å². The summed E-state index contributed by atoms with van der Waals surface area (Å²) < 4.78 is 14.5. The number of amides is 2. The molecule has 2 aromatic heterocycles. The molecule has 1 saturated heterocycles. The van der Waals surface area contributed by atoms with Crippen molar-refractivity contribution in [2.75, 3.05) is 37.3 Å². The van der Waals surface area contributed by atoms with E-state index in [-0.39, 0.29) is 17.4 Å². The number of anilines is 3. The van der Waals surface area contributed by atoms with Gasteiger partial charge in [0.05, 0.1) is 24.0 Å². The number of rotatable bonds is 7. The van der Waals surface area contributed by atoms with Gasteiger partial charge in [0, 0.05) is 30.7 Å². The molecule has 0 radical (unpaired) electrons. The Morgan fingerprint density at radius 1 is 1.29 bits per heavy atom. The minimum absolute atomic E-state index is 0.0552. The third-order valence-electron chi connectivity index (χ3n) is 7.86. The molecular formula is C24H36FN9O. The summed E-state index contributed by atoms with van der Waals surface area (Å²) in [6.45, 7) is 11.2. The van der Waals surface area contributed by atoms with Gasteiger partial charge in [0.1, 0.15) is 0 Å². The Balaban J connectivity index is 1.28. The zero-order valence-electron chi connectivity index (χ0n) is 21.2. The van der Waals surface area contributed by atoms with E-state index in [2.05, 4.69) is 61.9 Å². The Morgan fingerprint density at radius 3 is 2.74 bits per heavy atom. The van der Waals surface area contributed by atoms with Gasteiger partial charge in [-0.25, -0.2) is 14.2 Å². The van der Waals surface area contributed by atoms with E-state index < -0.39 is 11.4 Å². The molecule has 4 N–H and O–H groups in total. The third kappa shape index (κ3) is 4.53. The lowest BCUT2D eigenvalue weighted by atomic mass is 9.95. The lowest BCUT2D eigenvalue weighted by Crippen LogP contribution is -2.53. The highest BCUT2D eigenvalue weighted by Gasteiger charge is 2.45. The number of fused-ring (bicyclic) bond motifs is 1. The number of hydrogen-bond acceptors (Lipinski definition) is 7. The third-order valence-corrected chi connectivity index (χ3v) is 7.86. The van der Waals surface area contributed by atoms with Gasteiger partial charge in [0.15, 0.2) is 17.5 Å². The van der Waals surface area contributed by atoms with E-state index in [0.29, 0.717) is 36.7 Å². The molecule has 5 rings (SSSR count). The highest BCUT2D eigenvalue weighted by Crippen LogP contribution is 2.41. The lowest BCUT2D eigenvalue weighted by Gasteiger charge is -2.36. The maximum atomic E-state index is 14.5. The van der Waals surface area contributed by atoms with Crippen LogP contribution in [0, 0.1) is 17.7 Å². The van der Waals surface area contributed by atoms with Gasteiger partial charge in [0.25, 0.3) is 0 Å². The fraction of sp³-hybridized carbons (Fsp3) is 0.667. The average molecular weight is 486 g/mol. The van der Waals surface area contributed by atoms with Crippen LogP contribution in [0.5, 0.6) is 0 Å².